The van der Waals surface area contributed by atoms with E-state index in [0.29, 0.717) is 15.7 Å². The molecule has 0 saturated carbocycles. The predicted molar refractivity (Wildman–Crippen MR) is 93.2 cm³/mol. The number of rotatable bonds is 1. The summed E-state index contributed by atoms with van der Waals surface area (Å²) in [6.45, 7) is 0. The summed E-state index contributed by atoms with van der Waals surface area (Å²) in [5.74, 6) is 0. The number of nitrogens with one attached hydrogen (secondary N) is 1. The minimum Gasteiger partial charge on any atom is -0.314 e. The van der Waals surface area contributed by atoms with Crippen LogP contribution in [0.2, 0.25) is 10.0 Å². The summed E-state index contributed by atoms with van der Waals surface area (Å²) >= 11 is 11.9. The maximum Gasteiger partial charge on any atom is 0.322 e. The maximum atomic E-state index is 12.8. The molecule has 0 spiro atoms. The lowest BCUT2D eigenvalue weighted by atomic mass is 9.93. The number of nitrogens with zero attached hydrogens (tertiary/aromatic N) is 1. The van der Waals surface area contributed by atoms with Crippen LogP contribution in [0.15, 0.2) is 42.5 Å². The van der Waals surface area contributed by atoms with Crippen LogP contribution in [0.1, 0.15) is 30.0 Å². The van der Waals surface area contributed by atoms with E-state index in [1.807, 2.05) is 11.0 Å². The summed E-state index contributed by atoms with van der Waals surface area (Å²) in [5.41, 5.74) is 3.33. The van der Waals surface area contributed by atoms with Gasteiger partial charge in [0.2, 0.25) is 0 Å². The Morgan fingerprint density at radius 2 is 1.91 bits per heavy atom. The first-order chi connectivity index (χ1) is 11.1. The van der Waals surface area contributed by atoms with Crippen molar-refractivity contribution in [1.29, 1.82) is 0 Å². The highest BCUT2D eigenvalue weighted by molar-refractivity contribution is 6.42. The molecule has 2 aromatic rings. The van der Waals surface area contributed by atoms with Gasteiger partial charge in [-0.2, -0.15) is 0 Å². The zero-order chi connectivity index (χ0) is 16.0. The highest BCUT2D eigenvalue weighted by Crippen LogP contribution is 2.43. The Labute approximate surface area is 145 Å². The van der Waals surface area contributed by atoms with E-state index in [9.17, 15) is 4.79 Å². The molecule has 2 unspecified atom stereocenters. The van der Waals surface area contributed by atoms with Crippen molar-refractivity contribution in [3.05, 3.63) is 63.6 Å². The lowest BCUT2D eigenvalue weighted by Gasteiger charge is -2.36. The maximum absolute atomic E-state index is 12.8. The lowest BCUT2D eigenvalue weighted by Crippen LogP contribution is -2.44. The van der Waals surface area contributed by atoms with Gasteiger partial charge in [0.25, 0.3) is 0 Å². The molecule has 118 valence electrons. The van der Waals surface area contributed by atoms with Crippen molar-refractivity contribution in [2.45, 2.75) is 31.3 Å². The van der Waals surface area contributed by atoms with Gasteiger partial charge in [0.15, 0.2) is 0 Å². The van der Waals surface area contributed by atoms with Crippen LogP contribution in [0.4, 0.5) is 10.5 Å². The Morgan fingerprint density at radius 1 is 1.09 bits per heavy atom. The van der Waals surface area contributed by atoms with Gasteiger partial charge in [-0.3, -0.25) is 0 Å². The fraction of sp³-hybridized carbons (Fsp3) is 0.278. The summed E-state index contributed by atoms with van der Waals surface area (Å²) in [4.78, 5) is 14.8. The predicted octanol–water partition coefficient (Wildman–Crippen LogP) is 5.29. The smallest absolute Gasteiger partial charge is 0.314 e. The van der Waals surface area contributed by atoms with E-state index in [2.05, 4.69) is 23.5 Å². The molecule has 2 bridgehead atoms. The number of carbonyl (C=O) groups is 1. The van der Waals surface area contributed by atoms with Crippen LogP contribution in [0.3, 0.4) is 0 Å². The highest BCUT2D eigenvalue weighted by atomic mass is 35.5. The number of carbonyl (C=O) groups excluding carboxylic acids is 1. The van der Waals surface area contributed by atoms with Gasteiger partial charge in [0.05, 0.1) is 16.1 Å². The molecule has 1 saturated heterocycles. The van der Waals surface area contributed by atoms with Crippen molar-refractivity contribution >= 4 is 34.9 Å². The third-order valence-electron chi connectivity index (χ3n) is 4.78. The molecule has 1 N–H and O–H groups in total. The Balaban J connectivity index is 1.59. The van der Waals surface area contributed by atoms with Crippen LogP contribution in [0.25, 0.3) is 0 Å². The first-order valence-corrected chi connectivity index (χ1v) is 8.51. The second kappa shape index (κ2) is 5.73. The molecular weight excluding hydrogens is 331 g/mol. The Morgan fingerprint density at radius 3 is 2.74 bits per heavy atom. The highest BCUT2D eigenvalue weighted by Gasteiger charge is 2.42. The van der Waals surface area contributed by atoms with Crippen LogP contribution in [-0.4, -0.2) is 17.0 Å². The quantitative estimate of drug-likeness (QED) is 0.747. The molecule has 0 aliphatic carbocycles. The van der Waals surface area contributed by atoms with Gasteiger partial charge >= 0.3 is 6.03 Å². The van der Waals surface area contributed by atoms with Gasteiger partial charge in [0, 0.05) is 11.7 Å². The zero-order valence-corrected chi connectivity index (χ0v) is 13.9. The summed E-state index contributed by atoms with van der Waals surface area (Å²) in [6, 6.07) is 14.0. The average molecular weight is 347 g/mol. The Hall–Kier alpha value is -1.71. The van der Waals surface area contributed by atoms with E-state index in [1.54, 1.807) is 18.2 Å². The fourth-order valence-electron chi connectivity index (χ4n) is 3.76. The second-order valence-corrected chi connectivity index (χ2v) is 6.93. The topological polar surface area (TPSA) is 32.3 Å². The molecule has 2 aliphatic rings. The van der Waals surface area contributed by atoms with Gasteiger partial charge in [-0.1, -0.05) is 47.5 Å². The van der Waals surface area contributed by atoms with E-state index >= 15 is 0 Å². The number of benzene rings is 2. The molecule has 0 aromatic heterocycles. The van der Waals surface area contributed by atoms with Crippen LogP contribution in [0.5, 0.6) is 0 Å². The number of hydrogen-bond acceptors (Lipinski definition) is 1. The van der Waals surface area contributed by atoms with Gasteiger partial charge < -0.3 is 10.2 Å². The number of halogens is 2. The monoisotopic (exact) mass is 346 g/mol. The Bertz CT molecular complexity index is 777. The molecule has 2 aromatic carbocycles. The number of anilines is 1. The van der Waals surface area contributed by atoms with Gasteiger partial charge in [-0.15, -0.1) is 0 Å². The van der Waals surface area contributed by atoms with Gasteiger partial charge in [0.1, 0.15) is 0 Å². The third-order valence-corrected chi connectivity index (χ3v) is 5.52. The number of hydrogen-bond donors (Lipinski definition) is 1. The standard InChI is InChI=1S/C18H16Cl2N2O/c19-15-7-5-12(10-16(15)20)21-18(23)22-13-6-8-17(22)14-4-2-1-3-11(14)9-13/h1-5,7,10,13,17H,6,8-9H2,(H,21,23). The van der Waals surface area contributed by atoms with Crippen molar-refractivity contribution in [3.8, 4) is 0 Å². The largest absolute Gasteiger partial charge is 0.322 e. The normalized spacial score (nSPS) is 21.9. The molecule has 3 nitrogen and oxygen atoms in total. The molecule has 0 radical (unpaired) electrons. The van der Waals surface area contributed by atoms with Crippen molar-refractivity contribution < 1.29 is 4.79 Å². The molecule has 2 heterocycles. The number of amides is 2. The van der Waals surface area contributed by atoms with Crippen molar-refractivity contribution in [3.63, 3.8) is 0 Å². The fourth-order valence-corrected chi connectivity index (χ4v) is 4.06. The molecule has 5 heteroatoms. The first-order valence-electron chi connectivity index (χ1n) is 7.75. The van der Waals surface area contributed by atoms with Gasteiger partial charge in [-0.05, 0) is 48.6 Å². The average Bonchev–Trinajstić information content (AvgIpc) is 2.86. The van der Waals surface area contributed by atoms with Crippen molar-refractivity contribution in [2.75, 3.05) is 5.32 Å². The summed E-state index contributed by atoms with van der Waals surface area (Å²) in [7, 11) is 0. The van der Waals surface area contributed by atoms with E-state index in [-0.39, 0.29) is 18.1 Å². The van der Waals surface area contributed by atoms with Crippen LogP contribution in [-0.2, 0) is 6.42 Å². The zero-order valence-electron chi connectivity index (χ0n) is 12.4. The van der Waals surface area contributed by atoms with Crippen LogP contribution >= 0.6 is 23.2 Å². The Kier molecular flexibility index (Phi) is 3.70. The van der Waals surface area contributed by atoms with E-state index in [0.717, 1.165) is 19.3 Å². The third kappa shape index (κ3) is 2.58. The number of fused-ring (bicyclic) bond motifs is 4. The van der Waals surface area contributed by atoms with E-state index in [4.69, 9.17) is 23.2 Å². The lowest BCUT2D eigenvalue weighted by molar-refractivity contribution is 0.179. The van der Waals surface area contributed by atoms with Crippen molar-refractivity contribution in [1.82, 2.24) is 4.90 Å². The minimum absolute atomic E-state index is 0.0645. The summed E-state index contributed by atoms with van der Waals surface area (Å²) in [5, 5.41) is 3.88. The number of urea groups is 1. The molecule has 2 atom stereocenters. The minimum atomic E-state index is -0.0645. The van der Waals surface area contributed by atoms with E-state index in [1.165, 1.54) is 11.1 Å². The molecule has 4 rings (SSSR count). The van der Waals surface area contributed by atoms with Gasteiger partial charge in [-0.25, -0.2) is 4.79 Å². The van der Waals surface area contributed by atoms with E-state index < -0.39 is 0 Å². The van der Waals surface area contributed by atoms with Crippen LogP contribution in [0, 0.1) is 0 Å². The summed E-state index contributed by atoms with van der Waals surface area (Å²) < 4.78 is 0. The molecular formula is C18H16Cl2N2O. The summed E-state index contributed by atoms with van der Waals surface area (Å²) in [6.07, 6.45) is 3.01. The molecule has 1 fully saturated rings. The second-order valence-electron chi connectivity index (χ2n) is 6.12. The van der Waals surface area contributed by atoms with Crippen molar-refractivity contribution in [2.24, 2.45) is 0 Å². The molecule has 2 amide bonds. The first kappa shape index (κ1) is 14.9. The molecule has 23 heavy (non-hydrogen) atoms. The SMILES string of the molecule is O=C(Nc1ccc(Cl)c(Cl)c1)N1C2CCC1c1ccccc1C2. The molecule has 2 aliphatic heterocycles. The van der Waals surface area contributed by atoms with Crippen LogP contribution < -0.4 is 5.32 Å².